The van der Waals surface area contributed by atoms with E-state index in [1.54, 1.807) is 23.9 Å². The van der Waals surface area contributed by atoms with E-state index in [0.717, 1.165) is 10.2 Å². The van der Waals surface area contributed by atoms with Crippen LogP contribution < -0.4 is 0 Å². The molecule has 1 N–H and O–H groups in total. The van der Waals surface area contributed by atoms with Gasteiger partial charge in [0.2, 0.25) is 0 Å². The van der Waals surface area contributed by atoms with Crippen LogP contribution in [0.3, 0.4) is 0 Å². The lowest BCUT2D eigenvalue weighted by Gasteiger charge is -2.34. The van der Waals surface area contributed by atoms with Gasteiger partial charge in [-0.15, -0.1) is 0 Å². The molecule has 0 bridgehead atoms. The Morgan fingerprint density at radius 3 is 2.78 bits per heavy atom. The molecule has 1 saturated heterocycles. The summed E-state index contributed by atoms with van der Waals surface area (Å²) < 4.78 is 14.6. The van der Waals surface area contributed by atoms with E-state index in [2.05, 4.69) is 29.8 Å². The zero-order valence-electron chi connectivity index (χ0n) is 10.3. The molecule has 0 saturated carbocycles. The van der Waals surface area contributed by atoms with E-state index >= 15 is 0 Å². The normalized spacial score (nSPS) is 30.2. The van der Waals surface area contributed by atoms with Crippen LogP contribution in [0.4, 0.5) is 4.39 Å². The fourth-order valence-corrected chi connectivity index (χ4v) is 5.29. The Bertz CT molecular complexity index is 429. The zero-order valence-corrected chi connectivity index (χ0v) is 13.5. The fourth-order valence-electron chi connectivity index (χ4n) is 1.91. The second-order valence-corrected chi connectivity index (χ2v) is 8.48. The summed E-state index contributed by atoms with van der Waals surface area (Å²) in [4.78, 5) is 0. The van der Waals surface area contributed by atoms with Gasteiger partial charge in [0.25, 0.3) is 0 Å². The first-order valence-corrected chi connectivity index (χ1v) is 8.67. The Morgan fingerprint density at radius 1 is 1.39 bits per heavy atom. The Balaban J connectivity index is 2.16. The second kappa shape index (κ2) is 6.16. The number of halogens is 2. The van der Waals surface area contributed by atoms with Gasteiger partial charge in [-0.2, -0.15) is 23.5 Å². The quantitative estimate of drug-likeness (QED) is 0.860. The van der Waals surface area contributed by atoms with Crippen molar-refractivity contribution in [3.63, 3.8) is 0 Å². The van der Waals surface area contributed by atoms with E-state index in [1.165, 1.54) is 6.07 Å². The molecule has 1 aliphatic rings. The molecule has 0 spiro atoms. The van der Waals surface area contributed by atoms with Crippen LogP contribution in [0, 0.1) is 5.82 Å². The molecular weight excluding hydrogens is 335 g/mol. The lowest BCUT2D eigenvalue weighted by atomic mass is 10.1. The number of benzene rings is 1. The van der Waals surface area contributed by atoms with E-state index < -0.39 is 6.10 Å². The third-order valence-corrected chi connectivity index (χ3v) is 7.18. The van der Waals surface area contributed by atoms with E-state index in [9.17, 15) is 9.50 Å². The predicted octanol–water partition coefficient (Wildman–Crippen LogP) is 4.25. The average molecular weight is 351 g/mol. The van der Waals surface area contributed by atoms with Gasteiger partial charge in [0.05, 0.1) is 6.10 Å². The number of aliphatic hydroxyl groups excluding tert-OH is 1. The van der Waals surface area contributed by atoms with Crippen molar-refractivity contribution in [2.45, 2.75) is 35.7 Å². The highest BCUT2D eigenvalue weighted by molar-refractivity contribution is 9.10. The second-order valence-electron chi connectivity index (χ2n) is 4.53. The maximum Gasteiger partial charge on any atom is 0.129 e. The van der Waals surface area contributed by atoms with Crippen LogP contribution in [0.5, 0.6) is 0 Å². The molecule has 0 aliphatic carbocycles. The lowest BCUT2D eigenvalue weighted by Crippen LogP contribution is -2.30. The maximum atomic E-state index is 13.8. The average Bonchev–Trinajstić information content (AvgIpc) is 2.35. The largest absolute Gasteiger partial charge is 0.387 e. The minimum absolute atomic E-state index is 0.0602. The lowest BCUT2D eigenvalue weighted by molar-refractivity contribution is 0.175. The summed E-state index contributed by atoms with van der Waals surface area (Å²) in [5.74, 6) is 0.533. The van der Waals surface area contributed by atoms with Crippen LogP contribution in [-0.4, -0.2) is 26.6 Å². The van der Waals surface area contributed by atoms with Gasteiger partial charge >= 0.3 is 0 Å². The van der Waals surface area contributed by atoms with Gasteiger partial charge in [0.1, 0.15) is 5.82 Å². The maximum absolute atomic E-state index is 13.8. The van der Waals surface area contributed by atoms with Crippen LogP contribution in [0.2, 0.25) is 0 Å². The van der Waals surface area contributed by atoms with E-state index in [1.807, 2.05) is 11.8 Å². The Hall–Kier alpha value is 0.290. The summed E-state index contributed by atoms with van der Waals surface area (Å²) in [6, 6.07) is 4.72. The number of hydrogen-bond acceptors (Lipinski definition) is 3. The summed E-state index contributed by atoms with van der Waals surface area (Å²) in [7, 11) is 0. The van der Waals surface area contributed by atoms with Crippen molar-refractivity contribution in [3.8, 4) is 0 Å². The molecule has 4 atom stereocenters. The molecule has 5 heteroatoms. The highest BCUT2D eigenvalue weighted by Gasteiger charge is 2.32. The molecule has 100 valence electrons. The minimum atomic E-state index is -0.741. The first kappa shape index (κ1) is 14.7. The third-order valence-electron chi connectivity index (χ3n) is 3.20. The van der Waals surface area contributed by atoms with Gasteiger partial charge < -0.3 is 5.11 Å². The monoisotopic (exact) mass is 350 g/mol. The molecule has 1 aromatic carbocycles. The molecule has 0 aromatic heterocycles. The van der Waals surface area contributed by atoms with E-state index in [4.69, 9.17) is 0 Å². The minimum Gasteiger partial charge on any atom is -0.387 e. The van der Waals surface area contributed by atoms with Gasteiger partial charge in [-0.3, -0.25) is 0 Å². The smallest absolute Gasteiger partial charge is 0.129 e. The summed E-state index contributed by atoms with van der Waals surface area (Å²) in [5.41, 5.74) is 0.393. The molecule has 2 rings (SSSR count). The van der Waals surface area contributed by atoms with Crippen molar-refractivity contribution in [1.29, 1.82) is 0 Å². The summed E-state index contributed by atoms with van der Waals surface area (Å²) >= 11 is 6.93. The molecule has 1 heterocycles. The zero-order chi connectivity index (χ0) is 13.3. The van der Waals surface area contributed by atoms with Crippen molar-refractivity contribution in [2.24, 2.45) is 0 Å². The number of thioether (sulfide) groups is 2. The Morgan fingerprint density at radius 2 is 2.11 bits per heavy atom. The molecule has 1 fully saturated rings. The summed E-state index contributed by atoms with van der Waals surface area (Å²) in [6.45, 7) is 4.36. The highest BCUT2D eigenvalue weighted by Crippen LogP contribution is 2.41. The van der Waals surface area contributed by atoms with Crippen molar-refractivity contribution in [2.75, 3.05) is 5.75 Å². The van der Waals surface area contributed by atoms with Crippen LogP contribution >= 0.6 is 39.5 Å². The van der Waals surface area contributed by atoms with Crippen molar-refractivity contribution >= 4 is 39.5 Å². The Kier molecular flexibility index (Phi) is 5.03. The standard InChI is InChI=1S/C13H16BrFOS2/c1-7-8(2)18-12(6-17-7)13(16)10-5-9(14)3-4-11(10)15/h3-5,7-8,12-13,16H,6H2,1-2H3. The number of aliphatic hydroxyl groups is 1. The van der Waals surface area contributed by atoms with Crippen molar-refractivity contribution in [3.05, 3.63) is 34.1 Å². The Labute approximate surface area is 124 Å². The molecule has 1 aromatic rings. The van der Waals surface area contributed by atoms with E-state index in [-0.39, 0.29) is 11.1 Å². The first-order valence-electron chi connectivity index (χ1n) is 5.89. The molecule has 1 aliphatic heterocycles. The van der Waals surface area contributed by atoms with Gasteiger partial charge in [-0.25, -0.2) is 4.39 Å². The first-order chi connectivity index (χ1) is 8.49. The molecule has 18 heavy (non-hydrogen) atoms. The van der Waals surface area contributed by atoms with Crippen LogP contribution in [-0.2, 0) is 0 Å². The molecule has 0 amide bonds. The van der Waals surface area contributed by atoms with Gasteiger partial charge in [0, 0.05) is 31.5 Å². The van der Waals surface area contributed by atoms with Gasteiger partial charge in [-0.1, -0.05) is 29.8 Å². The predicted molar refractivity (Wildman–Crippen MR) is 81.8 cm³/mol. The fraction of sp³-hybridized carbons (Fsp3) is 0.538. The van der Waals surface area contributed by atoms with Crippen LogP contribution in [0.15, 0.2) is 22.7 Å². The van der Waals surface area contributed by atoms with Crippen LogP contribution in [0.1, 0.15) is 25.5 Å². The molecule has 0 radical (unpaired) electrons. The third kappa shape index (κ3) is 3.24. The van der Waals surface area contributed by atoms with Crippen molar-refractivity contribution < 1.29 is 9.50 Å². The van der Waals surface area contributed by atoms with Crippen LogP contribution in [0.25, 0.3) is 0 Å². The topological polar surface area (TPSA) is 20.2 Å². The number of hydrogen-bond donors (Lipinski definition) is 1. The van der Waals surface area contributed by atoms with Gasteiger partial charge in [-0.05, 0) is 18.2 Å². The highest BCUT2D eigenvalue weighted by atomic mass is 79.9. The molecule has 1 nitrogen and oxygen atoms in total. The summed E-state index contributed by atoms with van der Waals surface area (Å²) in [6.07, 6.45) is -0.741. The SMILES string of the molecule is CC1SCC(C(O)c2cc(Br)ccc2F)SC1C. The van der Waals surface area contributed by atoms with Gasteiger partial charge in [0.15, 0.2) is 0 Å². The van der Waals surface area contributed by atoms with E-state index in [0.29, 0.717) is 16.1 Å². The van der Waals surface area contributed by atoms with Crippen molar-refractivity contribution in [1.82, 2.24) is 0 Å². The molecular formula is C13H16BrFOS2. The number of rotatable bonds is 2. The summed E-state index contributed by atoms with van der Waals surface area (Å²) in [5, 5.41) is 11.5. The molecule has 4 unspecified atom stereocenters.